The highest BCUT2D eigenvalue weighted by molar-refractivity contribution is 6.39. The molecule has 1 fully saturated rings. The van der Waals surface area contributed by atoms with Crippen LogP contribution < -0.4 is 5.32 Å². The van der Waals surface area contributed by atoms with Crippen molar-refractivity contribution in [2.75, 3.05) is 27.4 Å². The average Bonchev–Trinajstić information content (AvgIpc) is 2.83. The number of ether oxygens (including phenoxy) is 3. The number of benzene rings is 2. The normalized spacial score (nSPS) is 16.4. The summed E-state index contributed by atoms with van der Waals surface area (Å²) in [5.41, 5.74) is 1.94. The van der Waals surface area contributed by atoms with Gasteiger partial charge in [0.05, 0.1) is 21.2 Å². The van der Waals surface area contributed by atoms with Crippen LogP contribution >= 0.6 is 23.2 Å². The molecular formula is C25H28Cl2NO5+. The summed E-state index contributed by atoms with van der Waals surface area (Å²) in [5, 5.41) is 3.17. The molecule has 0 spiro atoms. The van der Waals surface area contributed by atoms with Crippen LogP contribution in [-0.4, -0.2) is 50.1 Å². The maximum absolute atomic E-state index is 12.7. The fraction of sp³-hybridized carbons (Fsp3) is 0.360. The fourth-order valence-electron chi connectivity index (χ4n) is 3.86. The van der Waals surface area contributed by atoms with Crippen molar-refractivity contribution in [1.82, 2.24) is 5.32 Å². The molecule has 1 atom stereocenters. The molecule has 0 saturated carbocycles. The van der Waals surface area contributed by atoms with Crippen molar-refractivity contribution < 1.29 is 23.8 Å². The number of carbonyl (C=O) groups is 1. The topological polar surface area (TPSA) is 78.2 Å². The van der Waals surface area contributed by atoms with Crippen LogP contribution in [0.25, 0.3) is 6.08 Å². The van der Waals surface area contributed by atoms with Crippen LogP contribution in [0.5, 0.6) is 0 Å². The van der Waals surface area contributed by atoms with Crippen molar-refractivity contribution >= 4 is 41.2 Å². The molecule has 2 N–H and O–H groups in total. The van der Waals surface area contributed by atoms with Crippen LogP contribution in [-0.2, 0) is 19.8 Å². The Labute approximate surface area is 203 Å². The Bertz CT molecular complexity index is 980. The summed E-state index contributed by atoms with van der Waals surface area (Å²) in [5.74, 6) is -0.814. The molecule has 0 radical (unpaired) electrons. The van der Waals surface area contributed by atoms with Gasteiger partial charge in [-0.1, -0.05) is 65.7 Å². The molecule has 3 rings (SSSR count). The number of amides is 1. The molecule has 1 aliphatic heterocycles. The summed E-state index contributed by atoms with van der Waals surface area (Å²) in [4.78, 5) is 22.8. The lowest BCUT2D eigenvalue weighted by Crippen LogP contribution is -2.41. The zero-order valence-electron chi connectivity index (χ0n) is 18.6. The van der Waals surface area contributed by atoms with Crippen molar-refractivity contribution in [2.24, 2.45) is 0 Å². The quantitative estimate of drug-likeness (QED) is 0.415. The van der Waals surface area contributed by atoms with Gasteiger partial charge in [0.25, 0.3) is 5.91 Å². The van der Waals surface area contributed by atoms with E-state index in [1.54, 1.807) is 25.3 Å². The van der Waals surface area contributed by atoms with E-state index >= 15 is 0 Å². The molecule has 1 aliphatic rings. The van der Waals surface area contributed by atoms with Crippen LogP contribution in [0.3, 0.4) is 0 Å². The monoisotopic (exact) mass is 492 g/mol. The molecule has 0 aromatic heterocycles. The Morgan fingerprint density at radius 3 is 2.36 bits per heavy atom. The zero-order chi connectivity index (χ0) is 23.8. The van der Waals surface area contributed by atoms with E-state index in [4.69, 9.17) is 37.4 Å². The second kappa shape index (κ2) is 11.7. The zero-order valence-corrected chi connectivity index (χ0v) is 20.2. The van der Waals surface area contributed by atoms with E-state index in [-0.39, 0.29) is 27.2 Å². The lowest BCUT2D eigenvalue weighted by Gasteiger charge is -2.36. The summed E-state index contributed by atoms with van der Waals surface area (Å²) in [7, 11) is 3.07. The average molecular weight is 493 g/mol. The van der Waals surface area contributed by atoms with E-state index in [2.05, 4.69) is 17.4 Å². The van der Waals surface area contributed by atoms with Gasteiger partial charge < -0.3 is 24.3 Å². The molecule has 2 aromatic rings. The van der Waals surface area contributed by atoms with Crippen molar-refractivity contribution in [2.45, 2.75) is 30.9 Å². The van der Waals surface area contributed by atoms with Crippen LogP contribution in [0.15, 0.2) is 48.5 Å². The lowest BCUT2D eigenvalue weighted by molar-refractivity contribution is -0.0947. The minimum Gasteiger partial charge on any atom is -0.381 e. The van der Waals surface area contributed by atoms with E-state index in [1.807, 2.05) is 24.3 Å². The number of esters is 1. The maximum atomic E-state index is 12.7. The Balaban J connectivity index is 1.68. The van der Waals surface area contributed by atoms with Gasteiger partial charge in [0.1, 0.15) is 0 Å². The van der Waals surface area contributed by atoms with Gasteiger partial charge >= 0.3 is 5.97 Å². The molecule has 6 nitrogen and oxygen atoms in total. The molecule has 0 aliphatic carbocycles. The van der Waals surface area contributed by atoms with Gasteiger partial charge in [-0.25, -0.2) is 0 Å². The number of hydrogen-bond acceptors (Lipinski definition) is 4. The molecule has 1 saturated heterocycles. The molecule has 0 bridgehead atoms. The highest BCUT2D eigenvalue weighted by Crippen LogP contribution is 2.35. The van der Waals surface area contributed by atoms with Crippen molar-refractivity contribution in [3.8, 4) is 0 Å². The molecule has 33 heavy (non-hydrogen) atoms. The maximum Gasteiger partial charge on any atom is 0.506 e. The molecular weight excluding hydrogens is 465 g/mol. The molecule has 0 unspecified atom stereocenters. The minimum atomic E-state index is -0.774. The van der Waals surface area contributed by atoms with Gasteiger partial charge in [0.15, 0.2) is 13.2 Å². The number of nitrogens with one attached hydrogen (secondary N) is 1. The molecule has 2 aromatic carbocycles. The molecule has 176 valence electrons. The van der Waals surface area contributed by atoms with Gasteiger partial charge in [0, 0.05) is 39.6 Å². The SMILES string of the molecule is COC(=[OH+])[C@H](C/C=C/c1ccc(C2(OC)CCOCC2)cc1)NC(=O)c1c(Cl)cccc1Cl. The summed E-state index contributed by atoms with van der Waals surface area (Å²) >= 11 is 12.2. The van der Waals surface area contributed by atoms with Gasteiger partial charge in [-0.15, -0.1) is 0 Å². The fourth-order valence-corrected chi connectivity index (χ4v) is 4.43. The summed E-state index contributed by atoms with van der Waals surface area (Å²) in [6.45, 7) is 1.36. The smallest absolute Gasteiger partial charge is 0.381 e. The van der Waals surface area contributed by atoms with Gasteiger partial charge in [-0.05, 0) is 23.3 Å². The van der Waals surface area contributed by atoms with Crippen molar-refractivity contribution in [3.63, 3.8) is 0 Å². The molecule has 8 heteroatoms. The summed E-state index contributed by atoms with van der Waals surface area (Å²) < 4.78 is 16.3. The number of halogens is 2. The van der Waals surface area contributed by atoms with Crippen molar-refractivity contribution in [3.05, 3.63) is 75.3 Å². The summed E-state index contributed by atoms with van der Waals surface area (Å²) in [6.07, 6.45) is 5.71. The predicted molar refractivity (Wildman–Crippen MR) is 131 cm³/mol. The highest BCUT2D eigenvalue weighted by atomic mass is 35.5. The third kappa shape index (κ3) is 6.15. The van der Waals surface area contributed by atoms with Gasteiger partial charge in [-0.3, -0.25) is 4.79 Å². The lowest BCUT2D eigenvalue weighted by atomic mass is 9.86. The second-order valence-corrected chi connectivity index (χ2v) is 8.55. The predicted octanol–water partition coefficient (Wildman–Crippen LogP) is 5.00. The highest BCUT2D eigenvalue weighted by Gasteiger charge is 2.34. The standard InChI is InChI=1S/C25H27Cl2NO5/c1-31-24(30)21(28-23(29)22-19(26)6-4-7-20(22)27)8-3-5-17-9-11-18(12-10-17)25(32-2)13-15-33-16-14-25/h3-7,9-12,21H,8,13-16H2,1-2H3,(H,28,29)/p+1/b5-3+/t21-/m0/s1. The van der Waals surface area contributed by atoms with Crippen LogP contribution in [0.2, 0.25) is 10.0 Å². The van der Waals surface area contributed by atoms with Crippen LogP contribution in [0.1, 0.15) is 40.7 Å². The van der Waals surface area contributed by atoms with Gasteiger partial charge in [-0.2, -0.15) is 0 Å². The summed E-state index contributed by atoms with van der Waals surface area (Å²) in [6, 6.07) is 12.2. The van der Waals surface area contributed by atoms with E-state index < -0.39 is 11.9 Å². The number of rotatable bonds is 8. The van der Waals surface area contributed by atoms with E-state index in [0.717, 1.165) is 24.0 Å². The van der Waals surface area contributed by atoms with E-state index in [0.29, 0.717) is 19.6 Å². The first-order chi connectivity index (χ1) is 15.9. The Hall–Kier alpha value is -2.38. The van der Waals surface area contributed by atoms with Crippen molar-refractivity contribution in [1.29, 1.82) is 0 Å². The van der Waals surface area contributed by atoms with Crippen LogP contribution in [0.4, 0.5) is 0 Å². The number of hydrogen-bond donors (Lipinski definition) is 1. The first-order valence-electron chi connectivity index (χ1n) is 10.6. The Kier molecular flexibility index (Phi) is 8.92. The first kappa shape index (κ1) is 25.2. The minimum absolute atomic E-state index is 0.148. The molecule has 1 amide bonds. The van der Waals surface area contributed by atoms with E-state index in [9.17, 15) is 9.59 Å². The Morgan fingerprint density at radius 2 is 1.79 bits per heavy atom. The first-order valence-corrected chi connectivity index (χ1v) is 11.4. The number of methoxy groups -OCH3 is 2. The van der Waals surface area contributed by atoms with Gasteiger partial charge in [0.2, 0.25) is 0 Å². The largest absolute Gasteiger partial charge is 0.506 e. The van der Waals surface area contributed by atoms with E-state index in [1.165, 1.54) is 7.11 Å². The third-order valence-corrected chi connectivity index (χ3v) is 6.44. The molecule has 1 heterocycles. The van der Waals surface area contributed by atoms with Crippen LogP contribution in [0, 0.1) is 0 Å². The third-order valence-electron chi connectivity index (χ3n) is 5.81. The number of carbonyl (C=O) groups excluding carboxylic acids is 2. The second-order valence-electron chi connectivity index (χ2n) is 7.74. The Morgan fingerprint density at radius 1 is 1.15 bits per heavy atom.